The van der Waals surface area contributed by atoms with Gasteiger partial charge in [-0.1, -0.05) is 36.9 Å². The van der Waals surface area contributed by atoms with Gasteiger partial charge in [0.15, 0.2) is 6.61 Å². The number of carbonyl (C=O) groups is 2. The van der Waals surface area contributed by atoms with Crippen LogP contribution in [0, 0.1) is 0 Å². The molecule has 0 amide bonds. The van der Waals surface area contributed by atoms with Crippen molar-refractivity contribution in [1.82, 2.24) is 0 Å². The number of benzene rings is 1. The molecule has 0 aliphatic heterocycles. The lowest BCUT2D eigenvalue weighted by atomic mass is 9.99. The Labute approximate surface area is 134 Å². The monoisotopic (exact) mass is 324 g/mol. The maximum Gasteiger partial charge on any atom is 0.505 e. The number of carboxylic acid groups (broad SMARTS) is 1. The molecule has 7 heteroatoms. The average molecular weight is 324 g/mol. The SMILES string of the molecule is C=C(C)C(=O)OC(COC(=O)O)OOC(C)(C)c1ccccc1. The minimum absolute atomic E-state index is 0.135. The van der Waals surface area contributed by atoms with Crippen molar-refractivity contribution >= 4 is 12.1 Å². The van der Waals surface area contributed by atoms with E-state index in [1.165, 1.54) is 6.92 Å². The molecule has 0 radical (unpaired) electrons. The first kappa shape index (κ1) is 18.7. The molecular weight excluding hydrogens is 304 g/mol. The third-order valence-corrected chi connectivity index (χ3v) is 2.76. The van der Waals surface area contributed by atoms with Crippen molar-refractivity contribution in [3.63, 3.8) is 0 Å². The normalized spacial score (nSPS) is 12.3. The fourth-order valence-corrected chi connectivity index (χ4v) is 1.50. The van der Waals surface area contributed by atoms with Gasteiger partial charge in [-0.15, -0.1) is 0 Å². The standard InChI is InChI=1S/C16H20O7/c1-11(2)14(17)21-13(10-20-15(18)19)22-23-16(3,4)12-8-6-5-7-9-12/h5-9,13H,1,10H2,2-4H3,(H,18,19). The van der Waals surface area contributed by atoms with Crippen molar-refractivity contribution < 1.29 is 33.9 Å². The number of hydrogen-bond acceptors (Lipinski definition) is 6. The molecule has 0 heterocycles. The molecule has 1 atom stereocenters. The van der Waals surface area contributed by atoms with Crippen LogP contribution in [0.15, 0.2) is 42.5 Å². The summed E-state index contributed by atoms with van der Waals surface area (Å²) in [7, 11) is 0. The Kier molecular flexibility index (Phi) is 6.74. The van der Waals surface area contributed by atoms with E-state index in [1.807, 2.05) is 30.3 Å². The van der Waals surface area contributed by atoms with E-state index in [4.69, 9.17) is 19.6 Å². The Morgan fingerprint density at radius 3 is 2.39 bits per heavy atom. The predicted molar refractivity (Wildman–Crippen MR) is 80.3 cm³/mol. The summed E-state index contributed by atoms with van der Waals surface area (Å²) in [5.41, 5.74) is 0.110. The molecule has 1 rings (SSSR count). The second-order valence-electron chi connectivity index (χ2n) is 5.25. The third kappa shape index (κ3) is 6.50. The van der Waals surface area contributed by atoms with Crippen LogP contribution in [0.4, 0.5) is 4.79 Å². The fourth-order valence-electron chi connectivity index (χ4n) is 1.50. The number of carbonyl (C=O) groups excluding carboxylic acids is 1. The van der Waals surface area contributed by atoms with Crippen LogP contribution in [0.3, 0.4) is 0 Å². The lowest BCUT2D eigenvalue weighted by Crippen LogP contribution is -2.32. The fraction of sp³-hybridized carbons (Fsp3) is 0.375. The molecule has 7 nitrogen and oxygen atoms in total. The van der Waals surface area contributed by atoms with E-state index in [9.17, 15) is 9.59 Å². The molecule has 0 aliphatic rings. The van der Waals surface area contributed by atoms with E-state index in [0.717, 1.165) is 5.56 Å². The molecule has 1 aromatic carbocycles. The third-order valence-electron chi connectivity index (χ3n) is 2.76. The van der Waals surface area contributed by atoms with Gasteiger partial charge in [0, 0.05) is 5.57 Å². The maximum absolute atomic E-state index is 11.5. The molecular formula is C16H20O7. The number of esters is 1. The maximum atomic E-state index is 11.5. The lowest BCUT2D eigenvalue weighted by molar-refractivity contribution is -0.419. The van der Waals surface area contributed by atoms with Crippen LogP contribution < -0.4 is 0 Å². The molecule has 1 N–H and O–H groups in total. The van der Waals surface area contributed by atoms with Gasteiger partial charge in [-0.25, -0.2) is 14.5 Å². The van der Waals surface area contributed by atoms with E-state index in [1.54, 1.807) is 13.8 Å². The van der Waals surface area contributed by atoms with Gasteiger partial charge in [0.2, 0.25) is 0 Å². The summed E-state index contributed by atoms with van der Waals surface area (Å²) in [6.45, 7) is 7.85. The average Bonchev–Trinajstić information content (AvgIpc) is 2.50. The minimum atomic E-state index is -1.52. The first-order chi connectivity index (χ1) is 10.7. The Bertz CT molecular complexity index is 551. The molecule has 1 aromatic rings. The molecule has 1 unspecified atom stereocenters. The van der Waals surface area contributed by atoms with E-state index < -0.39 is 30.6 Å². The van der Waals surface area contributed by atoms with E-state index in [-0.39, 0.29) is 5.57 Å². The van der Waals surface area contributed by atoms with Crippen LogP contribution in [-0.2, 0) is 29.6 Å². The van der Waals surface area contributed by atoms with Gasteiger partial charge in [-0.05, 0) is 26.3 Å². The van der Waals surface area contributed by atoms with E-state index >= 15 is 0 Å². The summed E-state index contributed by atoms with van der Waals surface area (Å²) < 4.78 is 9.28. The van der Waals surface area contributed by atoms with Gasteiger partial charge in [-0.2, -0.15) is 4.89 Å². The Hall–Kier alpha value is -2.38. The Morgan fingerprint density at radius 2 is 1.87 bits per heavy atom. The molecule has 126 valence electrons. The molecule has 23 heavy (non-hydrogen) atoms. The lowest BCUT2D eigenvalue weighted by Gasteiger charge is -2.26. The Balaban J connectivity index is 2.70. The number of hydrogen-bond donors (Lipinski definition) is 1. The highest BCUT2D eigenvalue weighted by molar-refractivity contribution is 5.87. The van der Waals surface area contributed by atoms with Crippen molar-refractivity contribution in [3.8, 4) is 0 Å². The van der Waals surface area contributed by atoms with Crippen LogP contribution in [-0.4, -0.2) is 30.1 Å². The van der Waals surface area contributed by atoms with Crippen molar-refractivity contribution in [2.45, 2.75) is 32.7 Å². The second-order valence-corrected chi connectivity index (χ2v) is 5.25. The number of rotatable bonds is 8. The van der Waals surface area contributed by atoms with Crippen molar-refractivity contribution in [1.29, 1.82) is 0 Å². The smallest absolute Gasteiger partial charge is 0.450 e. The molecule has 0 saturated carbocycles. The van der Waals surface area contributed by atoms with Gasteiger partial charge < -0.3 is 14.6 Å². The Morgan fingerprint density at radius 1 is 1.26 bits per heavy atom. The van der Waals surface area contributed by atoms with Gasteiger partial charge in [-0.3, -0.25) is 0 Å². The summed E-state index contributed by atoms with van der Waals surface area (Å²) in [6.07, 6.45) is -2.87. The largest absolute Gasteiger partial charge is 0.505 e. The van der Waals surface area contributed by atoms with Gasteiger partial charge in [0.1, 0.15) is 5.60 Å². The summed E-state index contributed by atoms with van der Waals surface area (Å²) in [4.78, 5) is 32.4. The first-order valence-corrected chi connectivity index (χ1v) is 6.84. The highest BCUT2D eigenvalue weighted by Gasteiger charge is 2.27. The molecule has 0 aromatic heterocycles. The molecule has 0 fully saturated rings. The van der Waals surface area contributed by atoms with Gasteiger partial charge >= 0.3 is 12.1 Å². The van der Waals surface area contributed by atoms with Gasteiger partial charge in [0.25, 0.3) is 6.29 Å². The summed E-state index contributed by atoms with van der Waals surface area (Å²) in [5.74, 6) is -0.745. The van der Waals surface area contributed by atoms with E-state index in [0.29, 0.717) is 0 Å². The molecule has 0 spiro atoms. The molecule has 0 bridgehead atoms. The van der Waals surface area contributed by atoms with Crippen LogP contribution >= 0.6 is 0 Å². The van der Waals surface area contributed by atoms with Gasteiger partial charge in [0.05, 0.1) is 0 Å². The quantitative estimate of drug-likeness (QED) is 0.258. The second kappa shape index (κ2) is 8.30. The summed E-state index contributed by atoms with van der Waals surface area (Å²) >= 11 is 0. The van der Waals surface area contributed by atoms with Crippen molar-refractivity contribution in [2.24, 2.45) is 0 Å². The first-order valence-electron chi connectivity index (χ1n) is 6.84. The van der Waals surface area contributed by atoms with Crippen molar-refractivity contribution in [3.05, 3.63) is 48.0 Å². The van der Waals surface area contributed by atoms with Crippen LogP contribution in [0.5, 0.6) is 0 Å². The zero-order valence-corrected chi connectivity index (χ0v) is 13.3. The minimum Gasteiger partial charge on any atom is -0.450 e. The highest BCUT2D eigenvalue weighted by Crippen LogP contribution is 2.25. The topological polar surface area (TPSA) is 91.3 Å². The zero-order valence-electron chi connectivity index (χ0n) is 13.3. The van der Waals surface area contributed by atoms with Crippen molar-refractivity contribution in [2.75, 3.05) is 6.61 Å². The molecule has 0 aliphatic carbocycles. The summed E-state index contributed by atoms with van der Waals surface area (Å²) in [6, 6.07) is 9.22. The van der Waals surface area contributed by atoms with Crippen LogP contribution in [0.25, 0.3) is 0 Å². The van der Waals surface area contributed by atoms with Crippen LogP contribution in [0.2, 0.25) is 0 Å². The summed E-state index contributed by atoms with van der Waals surface area (Å²) in [5, 5.41) is 8.54. The van der Waals surface area contributed by atoms with E-state index in [2.05, 4.69) is 11.3 Å². The van der Waals surface area contributed by atoms with Crippen LogP contribution in [0.1, 0.15) is 26.3 Å². The zero-order chi connectivity index (χ0) is 17.5. The number of ether oxygens (including phenoxy) is 2. The highest BCUT2D eigenvalue weighted by atomic mass is 17.2. The predicted octanol–water partition coefficient (Wildman–Crippen LogP) is 3.01. The molecule has 0 saturated heterocycles.